The Balaban J connectivity index is 1.96. The van der Waals surface area contributed by atoms with Crippen LogP contribution in [0.4, 0.5) is 5.69 Å². The number of carbonyl (C=O) groups excluding carboxylic acids is 1. The van der Waals surface area contributed by atoms with Crippen LogP contribution in [-0.2, 0) is 22.6 Å². The summed E-state index contributed by atoms with van der Waals surface area (Å²) in [4.78, 5) is 22.9. The Morgan fingerprint density at radius 2 is 1.86 bits per heavy atom. The van der Waals surface area contributed by atoms with Crippen LogP contribution < -0.4 is 10.1 Å². The molecule has 0 aliphatic carbocycles. The number of amides is 1. The Morgan fingerprint density at radius 1 is 1.11 bits per heavy atom. The fourth-order valence-corrected chi connectivity index (χ4v) is 2.55. The van der Waals surface area contributed by atoms with Gasteiger partial charge in [-0.1, -0.05) is 24.3 Å². The molecule has 0 radical (unpaired) electrons. The van der Waals surface area contributed by atoms with Gasteiger partial charge in [0.05, 0.1) is 37.4 Å². The maximum atomic E-state index is 12.5. The quantitative estimate of drug-likeness (QED) is 0.361. The fourth-order valence-electron chi connectivity index (χ4n) is 2.55. The first-order chi connectivity index (χ1) is 13.5. The van der Waals surface area contributed by atoms with Gasteiger partial charge in [-0.15, -0.1) is 0 Å². The van der Waals surface area contributed by atoms with E-state index in [-0.39, 0.29) is 23.5 Å². The first-order valence-corrected chi connectivity index (χ1v) is 8.89. The van der Waals surface area contributed by atoms with E-state index < -0.39 is 10.8 Å². The lowest BCUT2D eigenvalue weighted by Crippen LogP contribution is -2.23. The molecule has 1 amide bonds. The Kier molecular flexibility index (Phi) is 8.38. The molecule has 0 unspecified atom stereocenters. The van der Waals surface area contributed by atoms with E-state index >= 15 is 0 Å². The topological polar surface area (TPSA) is 99.9 Å². The molecule has 0 bridgehead atoms. The minimum atomic E-state index is -0.550. The zero-order valence-electron chi connectivity index (χ0n) is 16.0. The third-order valence-electron chi connectivity index (χ3n) is 3.93. The molecule has 8 nitrogen and oxygen atoms in total. The highest BCUT2D eigenvalue weighted by Gasteiger charge is 2.17. The van der Waals surface area contributed by atoms with E-state index in [1.807, 2.05) is 31.2 Å². The molecule has 8 heteroatoms. The molecule has 0 heterocycles. The van der Waals surface area contributed by atoms with Crippen molar-refractivity contribution in [3.05, 3.63) is 69.3 Å². The van der Waals surface area contributed by atoms with Crippen LogP contribution in [0.5, 0.6) is 5.75 Å². The Labute approximate surface area is 163 Å². The van der Waals surface area contributed by atoms with Crippen molar-refractivity contribution < 1.29 is 23.9 Å². The predicted molar refractivity (Wildman–Crippen MR) is 103 cm³/mol. The fraction of sp³-hybridized carbons (Fsp3) is 0.350. The van der Waals surface area contributed by atoms with Crippen LogP contribution in [0.2, 0.25) is 0 Å². The van der Waals surface area contributed by atoms with Crippen molar-refractivity contribution in [3.8, 4) is 5.75 Å². The number of hydrogen-bond acceptors (Lipinski definition) is 6. The molecule has 2 aromatic rings. The molecule has 150 valence electrons. The lowest BCUT2D eigenvalue weighted by molar-refractivity contribution is -0.384. The summed E-state index contributed by atoms with van der Waals surface area (Å²) in [5.41, 5.74) is 1.82. The molecule has 0 spiro atoms. The molecule has 0 aliphatic heterocycles. The first-order valence-electron chi connectivity index (χ1n) is 8.89. The highest BCUT2D eigenvalue weighted by molar-refractivity contribution is 5.97. The van der Waals surface area contributed by atoms with Gasteiger partial charge < -0.3 is 19.5 Å². The third kappa shape index (κ3) is 6.33. The van der Waals surface area contributed by atoms with E-state index in [2.05, 4.69) is 5.32 Å². The molecular weight excluding hydrogens is 364 g/mol. The van der Waals surface area contributed by atoms with Crippen molar-refractivity contribution >= 4 is 11.6 Å². The predicted octanol–water partition coefficient (Wildman–Crippen LogP) is 3.09. The van der Waals surface area contributed by atoms with Crippen molar-refractivity contribution in [2.75, 3.05) is 26.9 Å². The molecule has 2 aromatic carbocycles. The van der Waals surface area contributed by atoms with Crippen molar-refractivity contribution in [1.82, 2.24) is 5.32 Å². The van der Waals surface area contributed by atoms with E-state index in [4.69, 9.17) is 14.2 Å². The minimum absolute atomic E-state index is 0.118. The van der Waals surface area contributed by atoms with E-state index in [0.29, 0.717) is 26.4 Å². The number of benzene rings is 2. The zero-order chi connectivity index (χ0) is 20.4. The second-order valence-electron chi connectivity index (χ2n) is 5.89. The van der Waals surface area contributed by atoms with Gasteiger partial charge in [-0.05, 0) is 24.1 Å². The molecule has 0 aliphatic rings. The normalized spacial score (nSPS) is 10.5. The summed E-state index contributed by atoms with van der Waals surface area (Å²) in [6, 6.07) is 11.6. The number of nitro benzene ring substituents is 1. The summed E-state index contributed by atoms with van der Waals surface area (Å²) in [5, 5.41) is 13.7. The number of nitrogens with one attached hydrogen (secondary N) is 1. The molecule has 1 N–H and O–H groups in total. The van der Waals surface area contributed by atoms with Crippen LogP contribution in [0.1, 0.15) is 28.4 Å². The van der Waals surface area contributed by atoms with E-state index in [9.17, 15) is 14.9 Å². The lowest BCUT2D eigenvalue weighted by atomic mass is 10.1. The van der Waals surface area contributed by atoms with Gasteiger partial charge in [0, 0.05) is 25.3 Å². The van der Waals surface area contributed by atoms with Crippen molar-refractivity contribution in [3.63, 3.8) is 0 Å². The average Bonchev–Trinajstić information content (AvgIpc) is 2.71. The lowest BCUT2D eigenvalue weighted by Gasteiger charge is -2.10. The molecule has 2 rings (SSSR count). The molecule has 0 atom stereocenters. The average molecular weight is 388 g/mol. The van der Waals surface area contributed by atoms with Gasteiger partial charge in [0.1, 0.15) is 5.75 Å². The van der Waals surface area contributed by atoms with E-state index in [1.54, 1.807) is 0 Å². The highest BCUT2D eigenvalue weighted by Crippen LogP contribution is 2.24. The number of hydrogen-bond donors (Lipinski definition) is 1. The number of carbonyl (C=O) groups is 1. The second kappa shape index (κ2) is 11.0. The van der Waals surface area contributed by atoms with Crippen LogP contribution in [0.15, 0.2) is 42.5 Å². The van der Waals surface area contributed by atoms with Crippen molar-refractivity contribution in [2.24, 2.45) is 0 Å². The van der Waals surface area contributed by atoms with Crippen molar-refractivity contribution in [2.45, 2.75) is 20.1 Å². The Morgan fingerprint density at radius 3 is 2.57 bits per heavy atom. The van der Waals surface area contributed by atoms with Gasteiger partial charge >= 0.3 is 0 Å². The van der Waals surface area contributed by atoms with Crippen molar-refractivity contribution in [1.29, 1.82) is 0 Å². The summed E-state index contributed by atoms with van der Waals surface area (Å²) < 4.78 is 15.9. The van der Waals surface area contributed by atoms with Crippen LogP contribution in [0, 0.1) is 10.1 Å². The number of nitro groups is 1. The van der Waals surface area contributed by atoms with Gasteiger partial charge in [-0.3, -0.25) is 14.9 Å². The number of non-ortho nitro benzene ring substituents is 1. The number of ether oxygens (including phenoxy) is 3. The Hall–Kier alpha value is -2.97. The maximum absolute atomic E-state index is 12.5. The molecule has 0 fully saturated rings. The second-order valence-corrected chi connectivity index (χ2v) is 5.89. The van der Waals surface area contributed by atoms with Crippen LogP contribution in [-0.4, -0.2) is 37.8 Å². The molecule has 0 aromatic heterocycles. The summed E-state index contributed by atoms with van der Waals surface area (Å²) in [6.45, 7) is 4.39. The molecule has 0 saturated heterocycles. The SMILES string of the molecule is CCOCCOCc1cccc(CNC(=O)c2cc([N+](=O)[O-])ccc2OC)c1. The minimum Gasteiger partial charge on any atom is -0.496 e. The first kappa shape index (κ1) is 21.3. The number of rotatable bonds is 11. The Bertz CT molecular complexity index is 809. The summed E-state index contributed by atoms with van der Waals surface area (Å²) in [7, 11) is 1.41. The number of methoxy groups -OCH3 is 1. The van der Waals surface area contributed by atoms with Crippen LogP contribution in [0.3, 0.4) is 0 Å². The summed E-state index contributed by atoms with van der Waals surface area (Å²) >= 11 is 0. The zero-order valence-corrected chi connectivity index (χ0v) is 16.0. The summed E-state index contributed by atoms with van der Waals surface area (Å²) in [6.07, 6.45) is 0. The molecule has 28 heavy (non-hydrogen) atoms. The summed E-state index contributed by atoms with van der Waals surface area (Å²) in [5.74, 6) is -0.168. The van der Waals surface area contributed by atoms with Crippen LogP contribution in [0.25, 0.3) is 0 Å². The number of nitrogens with zero attached hydrogens (tertiary/aromatic N) is 1. The van der Waals surface area contributed by atoms with Gasteiger partial charge in [0.15, 0.2) is 0 Å². The van der Waals surface area contributed by atoms with Gasteiger partial charge in [-0.2, -0.15) is 0 Å². The smallest absolute Gasteiger partial charge is 0.270 e. The van der Waals surface area contributed by atoms with Gasteiger partial charge in [-0.25, -0.2) is 0 Å². The molecule has 0 saturated carbocycles. The monoisotopic (exact) mass is 388 g/mol. The highest BCUT2D eigenvalue weighted by atomic mass is 16.6. The third-order valence-corrected chi connectivity index (χ3v) is 3.93. The molecular formula is C20H24N2O6. The van der Waals surface area contributed by atoms with E-state index in [0.717, 1.165) is 11.1 Å². The largest absolute Gasteiger partial charge is 0.496 e. The van der Waals surface area contributed by atoms with Crippen LogP contribution >= 0.6 is 0 Å². The standard InChI is InChI=1S/C20H24N2O6/c1-3-27-9-10-28-14-16-6-4-5-15(11-16)13-21-20(23)18-12-17(22(24)25)7-8-19(18)26-2/h4-8,11-12H,3,9-10,13-14H2,1-2H3,(H,21,23). The van der Waals surface area contributed by atoms with Gasteiger partial charge in [0.2, 0.25) is 0 Å². The van der Waals surface area contributed by atoms with Gasteiger partial charge in [0.25, 0.3) is 11.6 Å². The van der Waals surface area contributed by atoms with E-state index in [1.165, 1.54) is 25.3 Å². The maximum Gasteiger partial charge on any atom is 0.270 e.